The summed E-state index contributed by atoms with van der Waals surface area (Å²) in [4.78, 5) is 0. The Morgan fingerprint density at radius 2 is 1.80 bits per heavy atom. The lowest BCUT2D eigenvalue weighted by molar-refractivity contribution is 0.625. The fourth-order valence-electron chi connectivity index (χ4n) is 0.902. The molecule has 0 radical (unpaired) electrons. The van der Waals surface area contributed by atoms with Gasteiger partial charge in [-0.05, 0) is 6.42 Å². The van der Waals surface area contributed by atoms with Gasteiger partial charge in [0.1, 0.15) is 0 Å². The van der Waals surface area contributed by atoms with Crippen molar-refractivity contribution >= 4 is 38.5 Å². The van der Waals surface area contributed by atoms with E-state index in [1.807, 2.05) is 0 Å². The van der Waals surface area contributed by atoms with Gasteiger partial charge >= 0.3 is 0 Å². The third-order valence-electron chi connectivity index (χ3n) is 1.53. The first-order valence-corrected chi connectivity index (χ1v) is 6.21. The van der Waals surface area contributed by atoms with Gasteiger partial charge in [-0.2, -0.15) is 0 Å². The molecule has 0 spiro atoms. The number of rotatable bonds is 6. The summed E-state index contributed by atoms with van der Waals surface area (Å²) in [6.07, 6.45) is 8.31. The van der Waals surface area contributed by atoms with Gasteiger partial charge in [0.2, 0.25) is 0 Å². The molecule has 1 unspecified atom stereocenters. The molecule has 0 aliphatic rings. The second-order valence-electron chi connectivity index (χ2n) is 2.59. The summed E-state index contributed by atoms with van der Waals surface area (Å²) in [7, 11) is 0. The normalized spacial score (nSPS) is 13.5. The van der Waals surface area contributed by atoms with Crippen LogP contribution in [0, 0.1) is 0 Å². The van der Waals surface area contributed by atoms with Gasteiger partial charge in [-0.1, -0.05) is 77.5 Å². The highest BCUT2D eigenvalue weighted by Crippen LogP contribution is 2.17. The molecule has 0 aliphatic carbocycles. The summed E-state index contributed by atoms with van der Waals surface area (Å²) in [5.74, 6) is 0. The van der Waals surface area contributed by atoms with Crippen LogP contribution < -0.4 is 0 Å². The van der Waals surface area contributed by atoms with Gasteiger partial charge < -0.3 is 0 Å². The van der Waals surface area contributed by atoms with Crippen molar-refractivity contribution in [1.82, 2.24) is 0 Å². The van der Waals surface area contributed by atoms with Crippen molar-refractivity contribution in [1.29, 1.82) is 0 Å². The first kappa shape index (κ1) is 11.2. The second kappa shape index (κ2) is 8.31. The van der Waals surface area contributed by atoms with Crippen LogP contribution in [0.3, 0.4) is 0 Å². The van der Waals surface area contributed by atoms with E-state index < -0.39 is 0 Å². The van der Waals surface area contributed by atoms with Crippen LogP contribution in [0.2, 0.25) is 0 Å². The highest BCUT2D eigenvalue weighted by Gasteiger charge is 1.95. The van der Waals surface area contributed by atoms with Gasteiger partial charge in [0, 0.05) is 0 Å². The minimum Gasteiger partial charge on any atom is -0.0775 e. The minimum absolute atomic E-state index is 0.687. The molecule has 0 saturated carbocycles. The van der Waals surface area contributed by atoms with Crippen LogP contribution in [0.4, 0.5) is 0 Å². The third-order valence-corrected chi connectivity index (χ3v) is 2.61. The number of hydrogen-bond donors (Lipinski definition) is 0. The summed E-state index contributed by atoms with van der Waals surface area (Å²) in [6.45, 7) is 2.26. The molecular formula is C8H16BrI. The van der Waals surface area contributed by atoms with E-state index in [1.165, 1.54) is 38.5 Å². The summed E-state index contributed by atoms with van der Waals surface area (Å²) in [5, 5.41) is 0. The van der Waals surface area contributed by atoms with Gasteiger partial charge in [-0.25, -0.2) is 0 Å². The molecule has 0 aromatic heterocycles. The maximum Gasteiger partial charge on any atom is 0.0662 e. The summed E-state index contributed by atoms with van der Waals surface area (Å²) >= 11 is 5.95. The molecule has 0 N–H and O–H groups in total. The van der Waals surface area contributed by atoms with E-state index in [2.05, 4.69) is 45.4 Å². The molecule has 0 bridgehead atoms. The monoisotopic (exact) mass is 318 g/mol. The SMILES string of the molecule is CCCCCCCC(Br)I. The summed E-state index contributed by atoms with van der Waals surface area (Å²) in [6, 6.07) is 0. The average molecular weight is 319 g/mol. The van der Waals surface area contributed by atoms with Gasteiger partial charge in [-0.15, -0.1) is 0 Å². The molecule has 0 nitrogen and oxygen atoms in total. The van der Waals surface area contributed by atoms with Crippen LogP contribution in [0.15, 0.2) is 0 Å². The van der Waals surface area contributed by atoms with E-state index >= 15 is 0 Å². The molecule has 0 heterocycles. The maximum absolute atomic E-state index is 3.53. The third kappa shape index (κ3) is 9.21. The smallest absolute Gasteiger partial charge is 0.0662 e. The van der Waals surface area contributed by atoms with Crippen LogP contribution in [0.5, 0.6) is 0 Å². The molecule has 0 saturated heterocycles. The Bertz CT molecular complexity index is 64.3. The van der Waals surface area contributed by atoms with Crippen LogP contribution in [0.1, 0.15) is 45.4 Å². The largest absolute Gasteiger partial charge is 0.0775 e. The van der Waals surface area contributed by atoms with Crippen molar-refractivity contribution in [3.8, 4) is 0 Å². The van der Waals surface area contributed by atoms with Crippen LogP contribution >= 0.6 is 38.5 Å². The quantitative estimate of drug-likeness (QED) is 0.384. The Morgan fingerprint density at radius 3 is 2.30 bits per heavy atom. The van der Waals surface area contributed by atoms with Crippen molar-refractivity contribution in [3.05, 3.63) is 0 Å². The van der Waals surface area contributed by atoms with E-state index in [4.69, 9.17) is 0 Å². The second-order valence-corrected chi connectivity index (χ2v) is 6.91. The topological polar surface area (TPSA) is 0 Å². The van der Waals surface area contributed by atoms with Crippen molar-refractivity contribution in [2.75, 3.05) is 0 Å². The predicted octanol–water partition coefficient (Wildman–Crippen LogP) is 4.50. The number of halogens is 2. The summed E-state index contributed by atoms with van der Waals surface area (Å²) in [5.41, 5.74) is 0. The number of unbranched alkanes of at least 4 members (excludes halogenated alkanes) is 4. The Hall–Kier alpha value is 1.21. The minimum atomic E-state index is 0.687. The van der Waals surface area contributed by atoms with E-state index in [0.29, 0.717) is 2.83 Å². The zero-order chi connectivity index (χ0) is 7.82. The van der Waals surface area contributed by atoms with Crippen molar-refractivity contribution in [3.63, 3.8) is 0 Å². The standard InChI is InChI=1S/C8H16BrI/c1-2-3-4-5-6-7-8(9)10/h8H,2-7H2,1H3. The molecule has 0 fully saturated rings. The van der Waals surface area contributed by atoms with Crippen molar-refractivity contribution in [2.24, 2.45) is 0 Å². The lowest BCUT2D eigenvalue weighted by atomic mass is 10.1. The lowest BCUT2D eigenvalue weighted by Crippen LogP contribution is -1.84. The van der Waals surface area contributed by atoms with Crippen LogP contribution in [0.25, 0.3) is 0 Å². The molecule has 10 heavy (non-hydrogen) atoms. The van der Waals surface area contributed by atoms with Gasteiger partial charge in [0.15, 0.2) is 0 Å². The zero-order valence-corrected chi connectivity index (χ0v) is 10.3. The molecule has 1 atom stereocenters. The predicted molar refractivity (Wildman–Crippen MR) is 60.1 cm³/mol. The van der Waals surface area contributed by atoms with Gasteiger partial charge in [0.05, 0.1) is 2.83 Å². The molecule has 0 aromatic rings. The first-order chi connectivity index (χ1) is 4.77. The Morgan fingerprint density at radius 1 is 1.20 bits per heavy atom. The maximum atomic E-state index is 3.53. The molecule has 0 rings (SSSR count). The van der Waals surface area contributed by atoms with Crippen LogP contribution in [-0.2, 0) is 0 Å². The van der Waals surface area contributed by atoms with E-state index in [1.54, 1.807) is 0 Å². The highest BCUT2D eigenvalue weighted by atomic mass is 127. The van der Waals surface area contributed by atoms with E-state index in [9.17, 15) is 0 Å². The molecule has 0 aliphatic heterocycles. The fraction of sp³-hybridized carbons (Fsp3) is 1.00. The molecule has 62 valence electrons. The fourth-order valence-corrected chi connectivity index (χ4v) is 1.67. The highest BCUT2D eigenvalue weighted by molar-refractivity contribution is 14.1. The van der Waals surface area contributed by atoms with E-state index in [-0.39, 0.29) is 0 Å². The van der Waals surface area contributed by atoms with Gasteiger partial charge in [0.25, 0.3) is 0 Å². The first-order valence-electron chi connectivity index (χ1n) is 4.05. The Labute approximate surface area is 86.4 Å². The number of alkyl halides is 2. The zero-order valence-electron chi connectivity index (χ0n) is 6.58. The molecule has 2 heteroatoms. The lowest BCUT2D eigenvalue weighted by Gasteiger charge is -2.00. The summed E-state index contributed by atoms with van der Waals surface area (Å²) < 4.78 is 0.687. The van der Waals surface area contributed by atoms with Crippen molar-refractivity contribution < 1.29 is 0 Å². The van der Waals surface area contributed by atoms with E-state index in [0.717, 1.165) is 0 Å². The number of hydrogen-bond acceptors (Lipinski definition) is 0. The molecule has 0 aromatic carbocycles. The Balaban J connectivity index is 2.77. The molecular weight excluding hydrogens is 303 g/mol. The van der Waals surface area contributed by atoms with Crippen molar-refractivity contribution in [2.45, 2.75) is 48.3 Å². The molecule has 0 amide bonds. The van der Waals surface area contributed by atoms with Gasteiger partial charge in [-0.3, -0.25) is 0 Å². The van der Waals surface area contributed by atoms with Crippen LogP contribution in [-0.4, -0.2) is 2.83 Å². The Kier molecular flexibility index (Phi) is 9.31. The average Bonchev–Trinajstić information content (AvgIpc) is 1.87.